The van der Waals surface area contributed by atoms with Crippen molar-refractivity contribution < 1.29 is 4.74 Å². The van der Waals surface area contributed by atoms with E-state index >= 15 is 0 Å². The van der Waals surface area contributed by atoms with E-state index in [9.17, 15) is 0 Å². The Bertz CT molecular complexity index is 159. The summed E-state index contributed by atoms with van der Waals surface area (Å²) in [4.78, 5) is 2.48. The van der Waals surface area contributed by atoms with Crippen LogP contribution in [0, 0.1) is 5.92 Å². The molecule has 13 heavy (non-hydrogen) atoms. The molecule has 0 spiro atoms. The molecule has 2 heterocycles. The number of likely N-dealkylation sites (tertiary alicyclic amines) is 1. The first-order valence-corrected chi connectivity index (χ1v) is 5.72. The van der Waals surface area contributed by atoms with Gasteiger partial charge in [0.25, 0.3) is 0 Å². The number of hydrogen-bond donors (Lipinski definition) is 0. The molecule has 2 saturated heterocycles. The van der Waals surface area contributed by atoms with Gasteiger partial charge in [-0.3, -0.25) is 0 Å². The summed E-state index contributed by atoms with van der Waals surface area (Å²) in [5.41, 5.74) is 0. The van der Waals surface area contributed by atoms with Crippen molar-refractivity contribution in [3.63, 3.8) is 0 Å². The number of nitrogens with zero attached hydrogens (tertiary/aromatic N) is 1. The molecule has 0 aromatic rings. The Hall–Kier alpha value is 0.210. The van der Waals surface area contributed by atoms with Crippen molar-refractivity contribution in [3.8, 4) is 0 Å². The third kappa shape index (κ3) is 2.83. The minimum absolute atomic E-state index is 0.403. The zero-order valence-electron chi connectivity index (χ0n) is 8.04. The summed E-state index contributed by atoms with van der Waals surface area (Å²) in [5.74, 6) is 0.814. The van der Waals surface area contributed by atoms with Crippen LogP contribution in [-0.4, -0.2) is 43.1 Å². The van der Waals surface area contributed by atoms with Crippen LogP contribution in [0.1, 0.15) is 19.3 Å². The van der Waals surface area contributed by atoms with Gasteiger partial charge in [0.15, 0.2) is 0 Å². The van der Waals surface area contributed by atoms with Gasteiger partial charge in [-0.1, -0.05) is 0 Å². The predicted octanol–water partition coefficient (Wildman–Crippen LogP) is 1.73. The van der Waals surface area contributed by atoms with E-state index in [0.29, 0.717) is 5.38 Å². The molecular weight excluding hydrogens is 186 g/mol. The monoisotopic (exact) mass is 203 g/mol. The molecule has 0 saturated carbocycles. The Balaban J connectivity index is 1.62. The third-order valence-electron chi connectivity index (χ3n) is 3.09. The second-order valence-corrected chi connectivity index (χ2v) is 4.82. The van der Waals surface area contributed by atoms with Gasteiger partial charge in [0, 0.05) is 25.1 Å². The highest BCUT2D eigenvalue weighted by atomic mass is 35.5. The number of alkyl halides is 1. The normalized spacial score (nSPS) is 35.8. The standard InChI is InChI=1S/C10H18ClNO/c11-10-2-5-12(7-10)4-1-9-3-6-13-8-9/h9-10H,1-8H2. The SMILES string of the molecule is ClC1CCN(CCC2CCOC2)C1. The van der Waals surface area contributed by atoms with Crippen LogP contribution in [0.25, 0.3) is 0 Å². The van der Waals surface area contributed by atoms with Crippen LogP contribution in [0.2, 0.25) is 0 Å². The summed E-state index contributed by atoms with van der Waals surface area (Å²) < 4.78 is 5.35. The lowest BCUT2D eigenvalue weighted by Crippen LogP contribution is -2.24. The summed E-state index contributed by atoms with van der Waals surface area (Å²) in [6.45, 7) is 5.47. The average Bonchev–Trinajstić information content (AvgIpc) is 2.71. The Morgan fingerprint density at radius 3 is 2.92 bits per heavy atom. The van der Waals surface area contributed by atoms with E-state index < -0.39 is 0 Å². The maximum absolute atomic E-state index is 6.04. The van der Waals surface area contributed by atoms with Crippen molar-refractivity contribution in [1.82, 2.24) is 4.90 Å². The summed E-state index contributed by atoms with van der Waals surface area (Å²) in [5, 5.41) is 0.403. The molecule has 0 bridgehead atoms. The Labute approximate surface area is 85.2 Å². The van der Waals surface area contributed by atoms with Gasteiger partial charge in [-0.25, -0.2) is 0 Å². The maximum Gasteiger partial charge on any atom is 0.0495 e. The summed E-state index contributed by atoms with van der Waals surface area (Å²) >= 11 is 6.04. The third-order valence-corrected chi connectivity index (χ3v) is 3.45. The van der Waals surface area contributed by atoms with Crippen LogP contribution in [-0.2, 0) is 4.74 Å². The van der Waals surface area contributed by atoms with Crippen LogP contribution in [0.3, 0.4) is 0 Å². The van der Waals surface area contributed by atoms with Crippen LogP contribution in [0.15, 0.2) is 0 Å². The highest BCUT2D eigenvalue weighted by Gasteiger charge is 2.22. The minimum atomic E-state index is 0.403. The van der Waals surface area contributed by atoms with Crippen molar-refractivity contribution in [2.24, 2.45) is 5.92 Å². The fourth-order valence-electron chi connectivity index (χ4n) is 2.16. The van der Waals surface area contributed by atoms with E-state index in [-0.39, 0.29) is 0 Å². The van der Waals surface area contributed by atoms with Gasteiger partial charge in [0.05, 0.1) is 0 Å². The predicted molar refractivity (Wildman–Crippen MR) is 54.2 cm³/mol. The molecule has 2 aliphatic heterocycles. The molecule has 0 aliphatic carbocycles. The Kier molecular flexibility index (Phi) is 3.47. The van der Waals surface area contributed by atoms with Crippen molar-refractivity contribution >= 4 is 11.6 Å². The quantitative estimate of drug-likeness (QED) is 0.648. The average molecular weight is 204 g/mol. The second kappa shape index (κ2) is 4.63. The van der Waals surface area contributed by atoms with E-state index in [1.165, 1.54) is 32.4 Å². The summed E-state index contributed by atoms with van der Waals surface area (Å²) in [6.07, 6.45) is 3.73. The lowest BCUT2D eigenvalue weighted by atomic mass is 10.1. The lowest BCUT2D eigenvalue weighted by molar-refractivity contribution is 0.180. The van der Waals surface area contributed by atoms with Crippen molar-refractivity contribution in [2.45, 2.75) is 24.6 Å². The van der Waals surface area contributed by atoms with Crippen LogP contribution in [0.4, 0.5) is 0 Å². The Morgan fingerprint density at radius 2 is 2.31 bits per heavy atom. The number of ether oxygens (including phenoxy) is 1. The minimum Gasteiger partial charge on any atom is -0.381 e. The zero-order valence-corrected chi connectivity index (χ0v) is 8.80. The van der Waals surface area contributed by atoms with E-state index in [1.807, 2.05) is 0 Å². The van der Waals surface area contributed by atoms with Crippen LogP contribution < -0.4 is 0 Å². The Morgan fingerprint density at radius 1 is 1.38 bits per heavy atom. The van der Waals surface area contributed by atoms with E-state index in [2.05, 4.69) is 4.90 Å². The highest BCUT2D eigenvalue weighted by Crippen LogP contribution is 2.19. The van der Waals surface area contributed by atoms with Crippen LogP contribution in [0.5, 0.6) is 0 Å². The molecule has 2 fully saturated rings. The van der Waals surface area contributed by atoms with Crippen LogP contribution >= 0.6 is 11.6 Å². The molecular formula is C10H18ClNO. The molecule has 2 aliphatic rings. The van der Waals surface area contributed by atoms with Crippen molar-refractivity contribution in [1.29, 1.82) is 0 Å². The smallest absolute Gasteiger partial charge is 0.0495 e. The van der Waals surface area contributed by atoms with Gasteiger partial charge in [0.2, 0.25) is 0 Å². The van der Waals surface area contributed by atoms with Gasteiger partial charge < -0.3 is 9.64 Å². The molecule has 2 unspecified atom stereocenters. The number of halogens is 1. The molecule has 2 rings (SSSR count). The first kappa shape index (κ1) is 9.75. The van der Waals surface area contributed by atoms with E-state index in [4.69, 9.17) is 16.3 Å². The molecule has 0 amide bonds. The molecule has 2 atom stereocenters. The van der Waals surface area contributed by atoms with E-state index in [0.717, 1.165) is 25.7 Å². The molecule has 2 nitrogen and oxygen atoms in total. The summed E-state index contributed by atoms with van der Waals surface area (Å²) in [7, 11) is 0. The fraction of sp³-hybridized carbons (Fsp3) is 1.00. The van der Waals surface area contributed by atoms with Gasteiger partial charge in [-0.15, -0.1) is 11.6 Å². The fourth-order valence-corrected chi connectivity index (χ4v) is 2.46. The second-order valence-electron chi connectivity index (χ2n) is 4.20. The molecule has 0 aromatic carbocycles. The molecule has 3 heteroatoms. The summed E-state index contributed by atoms with van der Waals surface area (Å²) in [6, 6.07) is 0. The largest absolute Gasteiger partial charge is 0.381 e. The van der Waals surface area contributed by atoms with Gasteiger partial charge in [-0.2, -0.15) is 0 Å². The topological polar surface area (TPSA) is 12.5 Å². The molecule has 0 aromatic heterocycles. The maximum atomic E-state index is 6.04. The highest BCUT2D eigenvalue weighted by molar-refractivity contribution is 6.20. The first-order valence-electron chi connectivity index (χ1n) is 5.29. The first-order chi connectivity index (χ1) is 6.34. The number of hydrogen-bond acceptors (Lipinski definition) is 2. The van der Waals surface area contributed by atoms with Gasteiger partial charge in [0.1, 0.15) is 0 Å². The zero-order chi connectivity index (χ0) is 9.10. The molecule has 76 valence electrons. The van der Waals surface area contributed by atoms with Crippen molar-refractivity contribution in [3.05, 3.63) is 0 Å². The van der Waals surface area contributed by atoms with E-state index in [1.54, 1.807) is 0 Å². The van der Waals surface area contributed by atoms with Gasteiger partial charge in [-0.05, 0) is 38.3 Å². The molecule has 0 radical (unpaired) electrons. The van der Waals surface area contributed by atoms with Gasteiger partial charge >= 0.3 is 0 Å². The lowest BCUT2D eigenvalue weighted by Gasteiger charge is -2.16. The molecule has 0 N–H and O–H groups in total. The number of rotatable bonds is 3. The van der Waals surface area contributed by atoms with Crippen molar-refractivity contribution in [2.75, 3.05) is 32.8 Å².